The molecule has 128 valence electrons. The van der Waals surface area contributed by atoms with Gasteiger partial charge in [0.05, 0.1) is 17.1 Å². The van der Waals surface area contributed by atoms with Crippen molar-refractivity contribution in [3.63, 3.8) is 0 Å². The number of carboxylic acids is 1. The van der Waals surface area contributed by atoms with Crippen LogP contribution in [0.5, 0.6) is 0 Å². The van der Waals surface area contributed by atoms with E-state index < -0.39 is 16.0 Å². The molecular weight excluding hydrogens is 330 g/mol. The number of aromatic nitrogens is 2. The van der Waals surface area contributed by atoms with Gasteiger partial charge in [0.25, 0.3) is 0 Å². The van der Waals surface area contributed by atoms with Gasteiger partial charge in [-0.3, -0.25) is 4.68 Å². The third-order valence-corrected chi connectivity index (χ3v) is 6.24. The molecule has 0 saturated carbocycles. The van der Waals surface area contributed by atoms with Gasteiger partial charge < -0.3 is 5.11 Å². The summed E-state index contributed by atoms with van der Waals surface area (Å²) in [5.41, 5.74) is 2.34. The molecule has 0 radical (unpaired) electrons. The number of sulfonamides is 1. The number of hydrogen-bond acceptors (Lipinski definition) is 4. The summed E-state index contributed by atoms with van der Waals surface area (Å²) in [6.45, 7) is 2.39. The number of fused-ring (bicyclic) bond motifs is 1. The van der Waals surface area contributed by atoms with Gasteiger partial charge in [0.2, 0.25) is 10.0 Å². The highest BCUT2D eigenvalue weighted by Gasteiger charge is 2.33. The molecule has 0 aliphatic carbocycles. The topological polar surface area (TPSA) is 92.5 Å². The minimum absolute atomic E-state index is 0.0110. The van der Waals surface area contributed by atoms with Crippen LogP contribution in [0, 0.1) is 0 Å². The van der Waals surface area contributed by atoms with Gasteiger partial charge in [-0.15, -0.1) is 0 Å². The quantitative estimate of drug-likeness (QED) is 0.901. The van der Waals surface area contributed by atoms with Gasteiger partial charge in [-0.1, -0.05) is 19.1 Å². The van der Waals surface area contributed by atoms with E-state index in [0.717, 1.165) is 12.0 Å². The molecule has 0 spiro atoms. The molecule has 0 amide bonds. The lowest BCUT2D eigenvalue weighted by atomic mass is 10.1. The molecule has 1 aliphatic rings. The molecule has 1 aromatic heterocycles. The molecule has 0 bridgehead atoms. The average Bonchev–Trinajstić information content (AvgIpc) is 2.91. The van der Waals surface area contributed by atoms with E-state index in [0.29, 0.717) is 17.7 Å². The van der Waals surface area contributed by atoms with Crippen LogP contribution in [0.4, 0.5) is 0 Å². The van der Waals surface area contributed by atoms with Gasteiger partial charge in [0.15, 0.2) is 5.69 Å². The first kappa shape index (κ1) is 16.7. The molecule has 8 heteroatoms. The number of benzene rings is 1. The number of hydrogen-bond donors (Lipinski definition) is 1. The molecule has 2 heterocycles. The van der Waals surface area contributed by atoms with Crippen LogP contribution in [0.15, 0.2) is 29.2 Å². The number of nitrogens with zero attached hydrogens (tertiary/aromatic N) is 3. The Hall–Kier alpha value is -2.19. The summed E-state index contributed by atoms with van der Waals surface area (Å²) >= 11 is 0. The molecule has 0 atom stereocenters. The highest BCUT2D eigenvalue weighted by Crippen LogP contribution is 2.27. The minimum atomic E-state index is -3.61. The predicted molar refractivity (Wildman–Crippen MR) is 87.3 cm³/mol. The first-order valence-electron chi connectivity index (χ1n) is 7.71. The van der Waals surface area contributed by atoms with Crippen LogP contribution >= 0.6 is 0 Å². The van der Waals surface area contributed by atoms with Crippen LogP contribution in [-0.2, 0) is 36.5 Å². The summed E-state index contributed by atoms with van der Waals surface area (Å²) in [4.78, 5) is 11.5. The largest absolute Gasteiger partial charge is 0.476 e. The molecule has 1 aromatic carbocycles. The Labute approximate surface area is 140 Å². The first-order valence-corrected chi connectivity index (χ1v) is 9.15. The molecule has 0 unspecified atom stereocenters. The van der Waals surface area contributed by atoms with Crippen molar-refractivity contribution < 1.29 is 18.3 Å². The third kappa shape index (κ3) is 2.71. The number of carbonyl (C=O) groups is 1. The zero-order valence-electron chi connectivity index (χ0n) is 13.6. The van der Waals surface area contributed by atoms with Crippen LogP contribution in [0.2, 0.25) is 0 Å². The predicted octanol–water partition coefficient (Wildman–Crippen LogP) is 1.43. The molecule has 3 rings (SSSR count). The molecule has 1 aliphatic heterocycles. The summed E-state index contributed by atoms with van der Waals surface area (Å²) in [5.74, 6) is -1.08. The van der Waals surface area contributed by atoms with E-state index in [1.54, 1.807) is 19.2 Å². The molecule has 1 N–H and O–H groups in total. The molecule has 24 heavy (non-hydrogen) atoms. The first-order chi connectivity index (χ1) is 11.3. The van der Waals surface area contributed by atoms with Crippen LogP contribution < -0.4 is 0 Å². The van der Waals surface area contributed by atoms with E-state index in [1.807, 2.05) is 19.1 Å². The fraction of sp³-hybridized carbons (Fsp3) is 0.375. The zero-order valence-corrected chi connectivity index (χ0v) is 14.4. The average molecular weight is 349 g/mol. The van der Waals surface area contributed by atoms with Gasteiger partial charge >= 0.3 is 5.97 Å². The van der Waals surface area contributed by atoms with Crippen molar-refractivity contribution >= 4 is 16.0 Å². The Balaban J connectivity index is 1.93. The van der Waals surface area contributed by atoms with Crippen LogP contribution in [0.25, 0.3) is 0 Å². The molecule has 0 saturated heterocycles. The lowest BCUT2D eigenvalue weighted by Gasteiger charge is -2.26. The van der Waals surface area contributed by atoms with Gasteiger partial charge in [-0.2, -0.15) is 9.40 Å². The Kier molecular flexibility index (Phi) is 4.18. The van der Waals surface area contributed by atoms with E-state index in [2.05, 4.69) is 5.10 Å². The van der Waals surface area contributed by atoms with E-state index in [1.165, 1.54) is 8.99 Å². The van der Waals surface area contributed by atoms with Crippen molar-refractivity contribution in [2.24, 2.45) is 7.05 Å². The van der Waals surface area contributed by atoms with Crippen molar-refractivity contribution in [1.29, 1.82) is 0 Å². The number of rotatable bonds is 4. The smallest absolute Gasteiger partial charge is 0.356 e. The molecule has 0 fully saturated rings. The van der Waals surface area contributed by atoms with Crippen molar-refractivity contribution in [2.75, 3.05) is 6.54 Å². The monoisotopic (exact) mass is 349 g/mol. The molecular formula is C16H19N3O4S. The standard InChI is InChI=1S/C16H19N3O4S/c1-3-11-4-6-12(7-5-11)24(22,23)19-9-8-13-14(10-19)18(2)17-15(13)16(20)21/h4-7H,3,8-10H2,1-2H3,(H,20,21). The summed E-state index contributed by atoms with van der Waals surface area (Å²) < 4.78 is 28.5. The fourth-order valence-corrected chi connectivity index (χ4v) is 4.37. The van der Waals surface area contributed by atoms with E-state index in [4.69, 9.17) is 0 Å². The second-order valence-corrected chi connectivity index (χ2v) is 7.73. The highest BCUT2D eigenvalue weighted by molar-refractivity contribution is 7.89. The highest BCUT2D eigenvalue weighted by atomic mass is 32.2. The van der Waals surface area contributed by atoms with Gasteiger partial charge in [0, 0.05) is 19.2 Å². The van der Waals surface area contributed by atoms with Gasteiger partial charge in [0.1, 0.15) is 0 Å². The lowest BCUT2D eigenvalue weighted by Crippen LogP contribution is -2.36. The van der Waals surface area contributed by atoms with E-state index in [-0.39, 0.29) is 23.7 Å². The van der Waals surface area contributed by atoms with Crippen LogP contribution in [0.3, 0.4) is 0 Å². The second-order valence-electron chi connectivity index (χ2n) is 5.79. The van der Waals surface area contributed by atoms with Gasteiger partial charge in [-0.05, 0) is 30.5 Å². The zero-order chi connectivity index (χ0) is 17.5. The van der Waals surface area contributed by atoms with E-state index >= 15 is 0 Å². The van der Waals surface area contributed by atoms with Crippen molar-refractivity contribution in [3.8, 4) is 0 Å². The number of aromatic carboxylic acids is 1. The molecule has 7 nitrogen and oxygen atoms in total. The van der Waals surface area contributed by atoms with Crippen molar-refractivity contribution in [3.05, 3.63) is 46.8 Å². The lowest BCUT2D eigenvalue weighted by molar-refractivity contribution is 0.0688. The molecule has 2 aromatic rings. The maximum Gasteiger partial charge on any atom is 0.356 e. The van der Waals surface area contributed by atoms with Gasteiger partial charge in [-0.25, -0.2) is 13.2 Å². The van der Waals surface area contributed by atoms with E-state index in [9.17, 15) is 18.3 Å². The Morgan fingerprint density at radius 2 is 1.96 bits per heavy atom. The summed E-state index contributed by atoms with van der Waals surface area (Å²) in [6, 6.07) is 6.87. The van der Waals surface area contributed by atoms with Crippen molar-refractivity contribution in [1.82, 2.24) is 14.1 Å². The van der Waals surface area contributed by atoms with Crippen molar-refractivity contribution in [2.45, 2.75) is 31.2 Å². The fourth-order valence-electron chi connectivity index (χ4n) is 2.97. The van der Waals surface area contributed by atoms with Crippen LogP contribution in [-0.4, -0.2) is 40.1 Å². The normalized spacial score (nSPS) is 15.2. The Bertz CT molecular complexity index is 885. The van der Waals surface area contributed by atoms with Crippen LogP contribution in [0.1, 0.15) is 34.2 Å². The SMILES string of the molecule is CCc1ccc(S(=O)(=O)N2CCc3c(C(=O)O)nn(C)c3C2)cc1. The summed E-state index contributed by atoms with van der Waals surface area (Å²) in [5, 5.41) is 13.2. The number of aryl methyl sites for hydroxylation is 2. The second kappa shape index (κ2) is 6.03. The maximum atomic E-state index is 12.8. The summed E-state index contributed by atoms with van der Waals surface area (Å²) in [7, 11) is -1.98. The maximum absolute atomic E-state index is 12.8. The Morgan fingerprint density at radius 3 is 2.54 bits per heavy atom. The Morgan fingerprint density at radius 1 is 1.29 bits per heavy atom. The number of carboxylic acid groups (broad SMARTS) is 1. The summed E-state index contributed by atoms with van der Waals surface area (Å²) in [6.07, 6.45) is 1.19. The minimum Gasteiger partial charge on any atom is -0.476 e. The third-order valence-electron chi connectivity index (χ3n) is 4.38.